The van der Waals surface area contributed by atoms with E-state index in [1.807, 2.05) is 26.0 Å². The Kier molecular flexibility index (Phi) is 6.09. The van der Waals surface area contributed by atoms with Crippen LogP contribution in [0.25, 0.3) is 16.8 Å². The number of hydrogen-bond donors (Lipinski definition) is 1. The summed E-state index contributed by atoms with van der Waals surface area (Å²) in [5, 5.41) is 4.42. The highest BCUT2D eigenvalue weighted by atomic mass is 32.2. The first-order chi connectivity index (χ1) is 15.7. The molecule has 0 saturated carbocycles. The Balaban J connectivity index is 1.70. The molecule has 0 aliphatic rings. The van der Waals surface area contributed by atoms with Crippen LogP contribution >= 0.6 is 0 Å². The Morgan fingerprint density at radius 1 is 1.00 bits per heavy atom. The number of aryl methyl sites for hydroxylation is 3. The van der Waals surface area contributed by atoms with Gasteiger partial charge in [0.05, 0.1) is 25.3 Å². The summed E-state index contributed by atoms with van der Waals surface area (Å²) in [4.78, 5) is 4.81. The lowest BCUT2D eigenvalue weighted by molar-refractivity contribution is 0.398. The number of fused-ring (bicyclic) bond motifs is 1. The van der Waals surface area contributed by atoms with Gasteiger partial charge in [0.15, 0.2) is 5.65 Å². The van der Waals surface area contributed by atoms with Gasteiger partial charge in [0.25, 0.3) is 0 Å². The van der Waals surface area contributed by atoms with Crippen molar-refractivity contribution < 1.29 is 17.9 Å². The van der Waals surface area contributed by atoms with Crippen LogP contribution in [0.2, 0.25) is 0 Å². The number of ether oxygens (including phenoxy) is 2. The summed E-state index contributed by atoms with van der Waals surface area (Å²) in [7, 11) is -0.710. The second kappa shape index (κ2) is 8.84. The Bertz CT molecular complexity index is 1440. The molecule has 4 aromatic rings. The number of hydrogen-bond acceptors (Lipinski definition) is 6. The maximum atomic E-state index is 13.3. The van der Waals surface area contributed by atoms with E-state index < -0.39 is 10.0 Å². The fraction of sp³-hybridized carbons (Fsp3) is 0.250. The summed E-state index contributed by atoms with van der Waals surface area (Å²) in [6.07, 6.45) is 1.71. The van der Waals surface area contributed by atoms with Gasteiger partial charge in [-0.2, -0.15) is 5.10 Å². The molecule has 0 radical (unpaired) electrons. The van der Waals surface area contributed by atoms with E-state index in [-0.39, 0.29) is 11.4 Å². The van der Waals surface area contributed by atoms with Crippen molar-refractivity contribution in [3.8, 4) is 22.6 Å². The first-order valence-corrected chi connectivity index (χ1v) is 11.9. The molecule has 0 aliphatic carbocycles. The van der Waals surface area contributed by atoms with Gasteiger partial charge in [-0.25, -0.2) is 22.6 Å². The quantitative estimate of drug-likeness (QED) is 0.445. The van der Waals surface area contributed by atoms with Crippen LogP contribution < -0.4 is 14.2 Å². The molecule has 2 heterocycles. The van der Waals surface area contributed by atoms with Crippen LogP contribution in [0.15, 0.2) is 53.6 Å². The topological polar surface area (TPSA) is 94.8 Å². The lowest BCUT2D eigenvalue weighted by Gasteiger charge is -2.14. The summed E-state index contributed by atoms with van der Waals surface area (Å²) in [6.45, 7) is 5.71. The van der Waals surface area contributed by atoms with Crippen LogP contribution in [-0.2, 0) is 16.6 Å². The van der Waals surface area contributed by atoms with Crippen LogP contribution in [0, 0.1) is 20.8 Å². The highest BCUT2D eigenvalue weighted by molar-refractivity contribution is 7.89. The monoisotopic (exact) mass is 466 g/mol. The predicted octanol–water partition coefficient (Wildman–Crippen LogP) is 3.82. The minimum absolute atomic E-state index is 0.0586. The second-order valence-corrected chi connectivity index (χ2v) is 9.55. The number of rotatable bonds is 7. The van der Waals surface area contributed by atoms with E-state index in [0.717, 1.165) is 22.5 Å². The molecule has 4 rings (SSSR count). The van der Waals surface area contributed by atoms with Crippen molar-refractivity contribution in [3.63, 3.8) is 0 Å². The lowest BCUT2D eigenvalue weighted by Crippen LogP contribution is -2.24. The van der Waals surface area contributed by atoms with Gasteiger partial charge in [-0.3, -0.25) is 0 Å². The van der Waals surface area contributed by atoms with Crippen LogP contribution in [0.1, 0.15) is 22.5 Å². The molecule has 0 fully saturated rings. The van der Waals surface area contributed by atoms with Crippen molar-refractivity contribution in [1.82, 2.24) is 19.3 Å². The number of sulfonamides is 1. The minimum atomic E-state index is -3.81. The van der Waals surface area contributed by atoms with E-state index in [0.29, 0.717) is 28.3 Å². The van der Waals surface area contributed by atoms with Gasteiger partial charge in [-0.15, -0.1) is 0 Å². The van der Waals surface area contributed by atoms with E-state index in [1.54, 1.807) is 62.2 Å². The third-order valence-electron chi connectivity index (χ3n) is 5.51. The number of nitrogens with one attached hydrogen (secondary N) is 1. The van der Waals surface area contributed by atoms with Crippen LogP contribution in [0.3, 0.4) is 0 Å². The van der Waals surface area contributed by atoms with Crippen molar-refractivity contribution in [1.29, 1.82) is 0 Å². The molecule has 33 heavy (non-hydrogen) atoms. The van der Waals surface area contributed by atoms with Crippen molar-refractivity contribution in [3.05, 3.63) is 71.2 Å². The molecule has 0 bridgehead atoms. The highest BCUT2D eigenvalue weighted by Gasteiger charge is 2.20. The number of nitrogens with zero attached hydrogens (tertiary/aromatic N) is 3. The molecular formula is C24H26N4O4S. The van der Waals surface area contributed by atoms with Gasteiger partial charge >= 0.3 is 0 Å². The summed E-state index contributed by atoms with van der Waals surface area (Å²) >= 11 is 0. The van der Waals surface area contributed by atoms with Gasteiger partial charge in [0, 0.05) is 29.1 Å². The molecule has 0 unspecified atom stereocenters. The minimum Gasteiger partial charge on any atom is -0.497 e. The van der Waals surface area contributed by atoms with Gasteiger partial charge < -0.3 is 9.47 Å². The largest absolute Gasteiger partial charge is 0.497 e. The molecule has 0 spiro atoms. The van der Waals surface area contributed by atoms with Gasteiger partial charge in [-0.05, 0) is 62.2 Å². The normalized spacial score (nSPS) is 11.7. The fourth-order valence-electron chi connectivity index (χ4n) is 3.80. The maximum Gasteiger partial charge on any atom is 0.241 e. The summed E-state index contributed by atoms with van der Waals surface area (Å²) in [6, 6.07) is 12.6. The molecular weight excluding hydrogens is 440 g/mol. The van der Waals surface area contributed by atoms with E-state index in [1.165, 1.54) is 0 Å². The Hall–Kier alpha value is -3.43. The van der Waals surface area contributed by atoms with Gasteiger partial charge in [-0.1, -0.05) is 12.1 Å². The zero-order valence-electron chi connectivity index (χ0n) is 19.2. The Morgan fingerprint density at radius 3 is 2.52 bits per heavy atom. The molecule has 0 aliphatic heterocycles. The van der Waals surface area contributed by atoms with Crippen molar-refractivity contribution in [2.45, 2.75) is 32.2 Å². The second-order valence-electron chi connectivity index (χ2n) is 7.82. The third-order valence-corrected chi connectivity index (χ3v) is 7.05. The average Bonchev–Trinajstić information content (AvgIpc) is 3.22. The summed E-state index contributed by atoms with van der Waals surface area (Å²) in [5.74, 6) is 1.20. The first kappa shape index (κ1) is 22.8. The zero-order chi connectivity index (χ0) is 23.8. The van der Waals surface area contributed by atoms with E-state index in [2.05, 4.69) is 14.8 Å². The van der Waals surface area contributed by atoms with Crippen LogP contribution in [-0.4, -0.2) is 37.2 Å². The molecule has 2 aromatic carbocycles. The molecule has 2 aromatic heterocycles. The van der Waals surface area contributed by atoms with Crippen LogP contribution in [0.5, 0.6) is 11.5 Å². The van der Waals surface area contributed by atoms with Gasteiger partial charge in [0.1, 0.15) is 11.5 Å². The van der Waals surface area contributed by atoms with Crippen molar-refractivity contribution in [2.24, 2.45) is 0 Å². The highest BCUT2D eigenvalue weighted by Crippen LogP contribution is 2.29. The standard InChI is InChI=1S/C24H26N4O4S/c1-15-6-7-18(21-14-25-28-17(3)10-16(2)27-24(21)28)12-23(15)33(29,30)26-13-19-11-20(31-4)8-9-22(19)32-5/h6-12,14,26H,13H2,1-5H3. The number of aromatic nitrogens is 3. The van der Waals surface area contributed by atoms with E-state index in [9.17, 15) is 8.42 Å². The molecule has 0 saturated heterocycles. The molecule has 0 amide bonds. The Labute approximate surface area is 193 Å². The number of methoxy groups -OCH3 is 2. The van der Waals surface area contributed by atoms with Crippen molar-refractivity contribution >= 4 is 15.7 Å². The average molecular weight is 467 g/mol. The fourth-order valence-corrected chi connectivity index (χ4v) is 5.08. The third kappa shape index (κ3) is 4.42. The van der Waals surface area contributed by atoms with E-state index in [4.69, 9.17) is 9.47 Å². The Morgan fingerprint density at radius 2 is 1.79 bits per heavy atom. The molecule has 0 atom stereocenters. The SMILES string of the molecule is COc1ccc(OC)c(CNS(=O)(=O)c2cc(-c3cnn4c(C)cc(C)nc34)ccc2C)c1. The van der Waals surface area contributed by atoms with Crippen molar-refractivity contribution in [2.75, 3.05) is 14.2 Å². The molecule has 9 heteroatoms. The summed E-state index contributed by atoms with van der Waals surface area (Å²) in [5.41, 5.74) is 5.33. The first-order valence-electron chi connectivity index (χ1n) is 10.4. The maximum absolute atomic E-state index is 13.3. The molecule has 1 N–H and O–H groups in total. The van der Waals surface area contributed by atoms with Crippen LogP contribution in [0.4, 0.5) is 0 Å². The lowest BCUT2D eigenvalue weighted by atomic mass is 10.1. The molecule has 172 valence electrons. The van der Waals surface area contributed by atoms with Gasteiger partial charge in [0.2, 0.25) is 10.0 Å². The number of benzene rings is 2. The zero-order valence-corrected chi connectivity index (χ0v) is 20.0. The predicted molar refractivity (Wildman–Crippen MR) is 126 cm³/mol. The summed E-state index contributed by atoms with van der Waals surface area (Å²) < 4.78 is 41.6. The van der Waals surface area contributed by atoms with E-state index >= 15 is 0 Å². The molecule has 8 nitrogen and oxygen atoms in total. The smallest absolute Gasteiger partial charge is 0.241 e.